The average molecular weight is 260 g/mol. The van der Waals surface area contributed by atoms with Crippen LogP contribution in [0.5, 0.6) is 0 Å². The van der Waals surface area contributed by atoms with E-state index in [9.17, 15) is 8.42 Å². The molecule has 1 rings (SSSR count). The van der Waals surface area contributed by atoms with E-state index in [0.717, 1.165) is 32.1 Å². The summed E-state index contributed by atoms with van der Waals surface area (Å²) in [5.41, 5.74) is 0.0103. The molecular formula is C13H24O3S. The molecule has 0 aromatic heterocycles. The molecule has 0 aromatic rings. The summed E-state index contributed by atoms with van der Waals surface area (Å²) < 4.78 is 28.7. The van der Waals surface area contributed by atoms with Gasteiger partial charge in [-0.25, -0.2) is 8.42 Å². The maximum absolute atomic E-state index is 11.7. The smallest absolute Gasteiger partial charge is 0.150 e. The summed E-state index contributed by atoms with van der Waals surface area (Å²) in [6.07, 6.45) is 8.28. The zero-order valence-corrected chi connectivity index (χ0v) is 11.8. The van der Waals surface area contributed by atoms with Crippen LogP contribution < -0.4 is 0 Å². The third kappa shape index (κ3) is 4.70. The molecule has 1 heterocycles. The van der Waals surface area contributed by atoms with Crippen LogP contribution in [0.3, 0.4) is 0 Å². The Bertz CT molecular complexity index is 346. The Kier molecular flexibility index (Phi) is 5.50. The summed E-state index contributed by atoms with van der Waals surface area (Å²) in [6, 6.07) is 0. The second-order valence-electron chi connectivity index (χ2n) is 4.99. The van der Waals surface area contributed by atoms with Crippen LogP contribution in [0.1, 0.15) is 46.0 Å². The van der Waals surface area contributed by atoms with Gasteiger partial charge < -0.3 is 4.74 Å². The fraction of sp³-hybridized carbons (Fsp3) is 0.846. The molecule has 0 saturated carbocycles. The van der Waals surface area contributed by atoms with Crippen molar-refractivity contribution >= 4 is 9.84 Å². The largest absolute Gasteiger partial charge is 0.502 e. The van der Waals surface area contributed by atoms with Crippen molar-refractivity contribution in [2.75, 3.05) is 18.1 Å². The van der Waals surface area contributed by atoms with Crippen molar-refractivity contribution in [3.05, 3.63) is 12.3 Å². The van der Waals surface area contributed by atoms with Crippen molar-refractivity contribution in [2.45, 2.75) is 46.0 Å². The average Bonchev–Trinajstić information content (AvgIpc) is 2.27. The second-order valence-corrected chi connectivity index (χ2v) is 7.18. The number of allylic oxidation sites excluding steroid dienone is 1. The molecule has 0 amide bonds. The number of ether oxygens (including phenoxy) is 1. The molecule has 100 valence electrons. The first kappa shape index (κ1) is 14.6. The van der Waals surface area contributed by atoms with Crippen molar-refractivity contribution in [1.29, 1.82) is 0 Å². The number of hydrogen-bond acceptors (Lipinski definition) is 3. The van der Waals surface area contributed by atoms with Gasteiger partial charge in [0.05, 0.1) is 24.4 Å². The molecule has 0 radical (unpaired) electrons. The van der Waals surface area contributed by atoms with Crippen molar-refractivity contribution < 1.29 is 13.2 Å². The summed E-state index contributed by atoms with van der Waals surface area (Å²) in [6.45, 7) is 4.71. The van der Waals surface area contributed by atoms with Crippen LogP contribution in [-0.2, 0) is 14.6 Å². The molecule has 0 spiro atoms. The van der Waals surface area contributed by atoms with Crippen LogP contribution in [0, 0.1) is 5.41 Å². The Morgan fingerprint density at radius 1 is 1.41 bits per heavy atom. The normalized spacial score (nSPS) is 28.4. The maximum Gasteiger partial charge on any atom is 0.150 e. The SMILES string of the molecule is C/C=C/OCCCC1(CC)CCCS(=O)(=O)C1. The quantitative estimate of drug-likeness (QED) is 0.545. The number of rotatable bonds is 6. The van der Waals surface area contributed by atoms with E-state index in [1.165, 1.54) is 0 Å². The Morgan fingerprint density at radius 2 is 2.18 bits per heavy atom. The van der Waals surface area contributed by atoms with Gasteiger partial charge in [0, 0.05) is 0 Å². The molecule has 1 aliphatic rings. The fourth-order valence-corrected chi connectivity index (χ4v) is 4.78. The van der Waals surface area contributed by atoms with Crippen molar-refractivity contribution in [1.82, 2.24) is 0 Å². The maximum atomic E-state index is 11.7. The molecule has 0 bridgehead atoms. The second kappa shape index (κ2) is 6.43. The van der Waals surface area contributed by atoms with E-state index in [1.54, 1.807) is 6.26 Å². The topological polar surface area (TPSA) is 43.4 Å². The van der Waals surface area contributed by atoms with Gasteiger partial charge in [-0.1, -0.05) is 13.0 Å². The molecule has 0 N–H and O–H groups in total. The Hall–Kier alpha value is -0.510. The minimum atomic E-state index is -2.80. The molecule has 1 saturated heterocycles. The van der Waals surface area contributed by atoms with Gasteiger partial charge in [0.25, 0.3) is 0 Å². The van der Waals surface area contributed by atoms with E-state index in [0.29, 0.717) is 18.1 Å². The first-order chi connectivity index (χ1) is 8.04. The van der Waals surface area contributed by atoms with Crippen LogP contribution in [0.25, 0.3) is 0 Å². The molecule has 3 nitrogen and oxygen atoms in total. The van der Waals surface area contributed by atoms with Crippen molar-refractivity contribution in [2.24, 2.45) is 5.41 Å². The van der Waals surface area contributed by atoms with Crippen LogP contribution in [0.2, 0.25) is 0 Å². The minimum absolute atomic E-state index is 0.0103. The summed E-state index contributed by atoms with van der Waals surface area (Å²) in [5.74, 6) is 0.754. The van der Waals surface area contributed by atoms with Gasteiger partial charge in [-0.15, -0.1) is 0 Å². The molecular weight excluding hydrogens is 236 g/mol. The highest BCUT2D eigenvalue weighted by Gasteiger charge is 2.36. The predicted molar refractivity (Wildman–Crippen MR) is 70.6 cm³/mol. The standard InChI is InChI=1S/C13H24O3S/c1-3-9-16-10-5-7-13(4-2)8-6-11-17(14,15)12-13/h3,9H,4-8,10-12H2,1-2H3/b9-3+. The first-order valence-electron chi connectivity index (χ1n) is 6.47. The molecule has 0 aliphatic carbocycles. The highest BCUT2D eigenvalue weighted by Crippen LogP contribution is 2.38. The van der Waals surface area contributed by atoms with E-state index >= 15 is 0 Å². The fourth-order valence-electron chi connectivity index (χ4n) is 2.63. The van der Waals surface area contributed by atoms with Gasteiger partial charge in [-0.2, -0.15) is 0 Å². The number of sulfone groups is 1. The third-order valence-electron chi connectivity index (χ3n) is 3.64. The lowest BCUT2D eigenvalue weighted by molar-refractivity contribution is 0.191. The number of hydrogen-bond donors (Lipinski definition) is 0. The van der Waals surface area contributed by atoms with Gasteiger partial charge in [0.1, 0.15) is 0 Å². The highest BCUT2D eigenvalue weighted by molar-refractivity contribution is 7.91. The Morgan fingerprint density at radius 3 is 2.76 bits per heavy atom. The summed E-state index contributed by atoms with van der Waals surface area (Å²) in [7, 11) is -2.80. The van der Waals surface area contributed by atoms with Crippen LogP contribution >= 0.6 is 0 Å². The van der Waals surface area contributed by atoms with E-state index < -0.39 is 9.84 Å². The zero-order valence-electron chi connectivity index (χ0n) is 10.9. The lowest BCUT2D eigenvalue weighted by atomic mass is 9.78. The monoisotopic (exact) mass is 260 g/mol. The molecule has 4 heteroatoms. The van der Waals surface area contributed by atoms with Gasteiger partial charge in [0.15, 0.2) is 9.84 Å². The van der Waals surface area contributed by atoms with Crippen LogP contribution in [0.4, 0.5) is 0 Å². The lowest BCUT2D eigenvalue weighted by Gasteiger charge is -2.36. The molecule has 17 heavy (non-hydrogen) atoms. The van der Waals surface area contributed by atoms with Gasteiger partial charge in [-0.05, 0) is 44.4 Å². The van der Waals surface area contributed by atoms with Crippen LogP contribution in [0.15, 0.2) is 12.3 Å². The van der Waals surface area contributed by atoms with E-state index in [2.05, 4.69) is 6.92 Å². The summed E-state index contributed by atoms with van der Waals surface area (Å²) >= 11 is 0. The zero-order chi connectivity index (χ0) is 12.8. The molecule has 1 unspecified atom stereocenters. The molecule has 1 atom stereocenters. The van der Waals surface area contributed by atoms with Crippen LogP contribution in [-0.4, -0.2) is 26.5 Å². The minimum Gasteiger partial charge on any atom is -0.502 e. The van der Waals surface area contributed by atoms with Crippen molar-refractivity contribution in [3.8, 4) is 0 Å². The molecule has 1 fully saturated rings. The summed E-state index contributed by atoms with van der Waals surface area (Å²) in [4.78, 5) is 0. The van der Waals surface area contributed by atoms with E-state index in [-0.39, 0.29) is 5.41 Å². The Labute approximate surface area is 105 Å². The van der Waals surface area contributed by atoms with E-state index in [4.69, 9.17) is 4.74 Å². The predicted octanol–water partition coefficient (Wildman–Crippen LogP) is 2.92. The summed E-state index contributed by atoms with van der Waals surface area (Å²) in [5, 5.41) is 0. The van der Waals surface area contributed by atoms with Gasteiger partial charge in [0.2, 0.25) is 0 Å². The van der Waals surface area contributed by atoms with Crippen molar-refractivity contribution in [3.63, 3.8) is 0 Å². The van der Waals surface area contributed by atoms with Gasteiger partial charge in [-0.3, -0.25) is 0 Å². The first-order valence-corrected chi connectivity index (χ1v) is 8.29. The molecule has 1 aliphatic heterocycles. The van der Waals surface area contributed by atoms with Gasteiger partial charge >= 0.3 is 0 Å². The highest BCUT2D eigenvalue weighted by atomic mass is 32.2. The lowest BCUT2D eigenvalue weighted by Crippen LogP contribution is -2.36. The Balaban J connectivity index is 2.45. The third-order valence-corrected chi connectivity index (χ3v) is 5.60. The van der Waals surface area contributed by atoms with E-state index in [1.807, 2.05) is 13.0 Å². The molecule has 0 aromatic carbocycles.